The van der Waals surface area contributed by atoms with Crippen molar-refractivity contribution in [3.05, 3.63) is 53.6 Å². The Morgan fingerprint density at radius 3 is 3.08 bits per heavy atom. The third-order valence-electron chi connectivity index (χ3n) is 3.07. The Hall–Kier alpha value is -1.30. The number of aryl methyl sites for hydroxylation is 1. The quantitative estimate of drug-likeness (QED) is 0.558. The van der Waals surface area contributed by atoms with E-state index >= 15 is 0 Å². The molecule has 2 aliphatic carbocycles. The topological polar surface area (TPSA) is 0 Å². The molecule has 0 fully saturated rings. The summed E-state index contributed by atoms with van der Waals surface area (Å²) in [5.74, 6) is 0.704. The van der Waals surface area contributed by atoms with Crippen molar-refractivity contribution in [2.45, 2.75) is 12.8 Å². The smallest absolute Gasteiger partial charge is 0.00302 e. The van der Waals surface area contributed by atoms with E-state index in [2.05, 4.69) is 42.5 Å². The Morgan fingerprint density at radius 2 is 2.08 bits per heavy atom. The molecule has 0 heteroatoms. The van der Waals surface area contributed by atoms with Gasteiger partial charge in [0, 0.05) is 5.92 Å². The summed E-state index contributed by atoms with van der Waals surface area (Å²) in [6.45, 7) is 0. The van der Waals surface area contributed by atoms with E-state index in [1.807, 2.05) is 0 Å². The summed E-state index contributed by atoms with van der Waals surface area (Å²) in [5, 5.41) is 0. The zero-order valence-corrected chi connectivity index (χ0v) is 7.53. The minimum atomic E-state index is 0.704. The van der Waals surface area contributed by atoms with E-state index in [0.717, 1.165) is 0 Å². The SMILES string of the molecule is C1=CC2CCc3ccccc3C2=C1. The molecule has 0 saturated heterocycles. The molecule has 0 nitrogen and oxygen atoms in total. The van der Waals surface area contributed by atoms with Gasteiger partial charge in [0.2, 0.25) is 0 Å². The predicted octanol–water partition coefficient (Wildman–Crippen LogP) is 3.20. The van der Waals surface area contributed by atoms with Gasteiger partial charge in [0.25, 0.3) is 0 Å². The van der Waals surface area contributed by atoms with Crippen LogP contribution in [0.5, 0.6) is 0 Å². The highest BCUT2D eigenvalue weighted by Crippen LogP contribution is 2.38. The lowest BCUT2D eigenvalue weighted by Crippen LogP contribution is -2.08. The highest BCUT2D eigenvalue weighted by Gasteiger charge is 2.22. The van der Waals surface area contributed by atoms with Crippen molar-refractivity contribution >= 4 is 5.57 Å². The Bertz CT molecular complexity index is 396. The van der Waals surface area contributed by atoms with Gasteiger partial charge in [0.05, 0.1) is 0 Å². The fourth-order valence-electron chi connectivity index (χ4n) is 2.39. The van der Waals surface area contributed by atoms with Crippen molar-refractivity contribution in [1.29, 1.82) is 0 Å². The van der Waals surface area contributed by atoms with E-state index < -0.39 is 0 Å². The largest absolute Gasteiger partial charge is 0.0770 e. The zero-order valence-electron chi connectivity index (χ0n) is 7.53. The van der Waals surface area contributed by atoms with Crippen LogP contribution in [-0.4, -0.2) is 0 Å². The molecule has 1 atom stereocenters. The molecule has 0 aromatic heterocycles. The Labute approximate surface area is 78.6 Å². The van der Waals surface area contributed by atoms with Gasteiger partial charge in [-0.1, -0.05) is 42.5 Å². The molecule has 1 aromatic carbocycles. The first-order chi connectivity index (χ1) is 6.45. The second-order valence-corrected chi connectivity index (χ2v) is 3.81. The summed E-state index contributed by atoms with van der Waals surface area (Å²) in [4.78, 5) is 0. The molecule has 0 amide bonds. The van der Waals surface area contributed by atoms with Gasteiger partial charge >= 0.3 is 0 Å². The molecular weight excluding hydrogens is 156 g/mol. The van der Waals surface area contributed by atoms with Crippen LogP contribution in [0.4, 0.5) is 0 Å². The van der Waals surface area contributed by atoms with Crippen molar-refractivity contribution < 1.29 is 0 Å². The van der Waals surface area contributed by atoms with Crippen LogP contribution in [-0.2, 0) is 6.42 Å². The summed E-state index contributed by atoms with van der Waals surface area (Å²) in [6.07, 6.45) is 9.32. The number of benzene rings is 1. The first-order valence-electron chi connectivity index (χ1n) is 4.92. The number of hydrogen-bond acceptors (Lipinski definition) is 0. The van der Waals surface area contributed by atoms with Crippen LogP contribution in [0.2, 0.25) is 0 Å². The van der Waals surface area contributed by atoms with Crippen LogP contribution in [0.25, 0.3) is 5.57 Å². The lowest BCUT2D eigenvalue weighted by atomic mass is 9.81. The maximum atomic E-state index is 2.32. The molecule has 0 bridgehead atoms. The van der Waals surface area contributed by atoms with Crippen LogP contribution in [0, 0.1) is 5.92 Å². The average molecular weight is 168 g/mol. The minimum Gasteiger partial charge on any atom is -0.0770 e. The van der Waals surface area contributed by atoms with Crippen molar-refractivity contribution in [3.8, 4) is 0 Å². The third-order valence-corrected chi connectivity index (χ3v) is 3.07. The van der Waals surface area contributed by atoms with Crippen molar-refractivity contribution in [2.75, 3.05) is 0 Å². The minimum absolute atomic E-state index is 0.704. The van der Waals surface area contributed by atoms with Crippen molar-refractivity contribution in [1.82, 2.24) is 0 Å². The van der Waals surface area contributed by atoms with Crippen LogP contribution in [0.15, 0.2) is 42.5 Å². The molecule has 13 heavy (non-hydrogen) atoms. The molecule has 0 radical (unpaired) electrons. The Balaban J connectivity index is 2.18. The second kappa shape index (κ2) is 2.59. The van der Waals surface area contributed by atoms with E-state index in [1.165, 1.54) is 29.5 Å². The second-order valence-electron chi connectivity index (χ2n) is 3.81. The molecule has 0 spiro atoms. The monoisotopic (exact) mass is 168 g/mol. The molecule has 0 heterocycles. The summed E-state index contributed by atoms with van der Waals surface area (Å²) in [6, 6.07) is 8.79. The van der Waals surface area contributed by atoms with Crippen molar-refractivity contribution in [3.63, 3.8) is 0 Å². The van der Waals surface area contributed by atoms with Gasteiger partial charge < -0.3 is 0 Å². The molecule has 2 aliphatic rings. The molecule has 1 aromatic rings. The molecule has 0 saturated carbocycles. The fraction of sp³-hybridized carbons (Fsp3) is 0.231. The van der Waals surface area contributed by atoms with Crippen molar-refractivity contribution in [2.24, 2.45) is 5.92 Å². The highest BCUT2D eigenvalue weighted by atomic mass is 14.3. The summed E-state index contributed by atoms with van der Waals surface area (Å²) in [7, 11) is 0. The van der Waals surface area contributed by atoms with Gasteiger partial charge in [-0.15, -0.1) is 0 Å². The predicted molar refractivity (Wildman–Crippen MR) is 55.4 cm³/mol. The Morgan fingerprint density at radius 1 is 1.15 bits per heavy atom. The van der Waals surface area contributed by atoms with E-state index in [9.17, 15) is 0 Å². The van der Waals surface area contributed by atoms with Gasteiger partial charge in [0.15, 0.2) is 0 Å². The summed E-state index contributed by atoms with van der Waals surface area (Å²) < 4.78 is 0. The first kappa shape index (κ1) is 7.14. The third kappa shape index (κ3) is 0.983. The molecule has 1 unspecified atom stereocenters. The van der Waals surface area contributed by atoms with Gasteiger partial charge in [-0.05, 0) is 29.5 Å². The molecule has 64 valence electrons. The average Bonchev–Trinajstić information content (AvgIpc) is 2.65. The molecule has 3 rings (SSSR count). The van der Waals surface area contributed by atoms with Crippen LogP contribution in [0.3, 0.4) is 0 Å². The molecule has 0 aliphatic heterocycles. The zero-order chi connectivity index (χ0) is 8.67. The normalized spacial score (nSPS) is 23.7. The number of allylic oxidation sites excluding steroid dienone is 4. The number of fused-ring (bicyclic) bond motifs is 3. The lowest BCUT2D eigenvalue weighted by molar-refractivity contribution is 0.705. The summed E-state index contributed by atoms with van der Waals surface area (Å²) >= 11 is 0. The lowest BCUT2D eigenvalue weighted by Gasteiger charge is -2.23. The Kier molecular flexibility index (Phi) is 1.42. The van der Waals surface area contributed by atoms with Gasteiger partial charge in [0.1, 0.15) is 0 Å². The number of rotatable bonds is 0. The van der Waals surface area contributed by atoms with Crippen LogP contribution >= 0.6 is 0 Å². The maximum absolute atomic E-state index is 2.32. The molecular formula is C13H12. The molecule has 0 N–H and O–H groups in total. The number of hydrogen-bond donors (Lipinski definition) is 0. The fourth-order valence-corrected chi connectivity index (χ4v) is 2.39. The highest BCUT2D eigenvalue weighted by molar-refractivity contribution is 5.76. The van der Waals surface area contributed by atoms with E-state index in [0.29, 0.717) is 5.92 Å². The maximum Gasteiger partial charge on any atom is 0.00302 e. The standard InChI is InChI=1S/C13H12/c1-2-6-12-10(4-1)8-9-11-5-3-7-13(11)12/h1-7,11H,8-9H2. The van der Waals surface area contributed by atoms with Crippen LogP contribution in [0.1, 0.15) is 17.5 Å². The van der Waals surface area contributed by atoms with Gasteiger partial charge in [-0.3, -0.25) is 0 Å². The van der Waals surface area contributed by atoms with Gasteiger partial charge in [-0.25, -0.2) is 0 Å². The van der Waals surface area contributed by atoms with E-state index in [4.69, 9.17) is 0 Å². The van der Waals surface area contributed by atoms with Gasteiger partial charge in [-0.2, -0.15) is 0 Å². The van der Waals surface area contributed by atoms with E-state index in [-0.39, 0.29) is 0 Å². The summed E-state index contributed by atoms with van der Waals surface area (Å²) in [5.41, 5.74) is 4.53. The van der Waals surface area contributed by atoms with Crippen LogP contribution < -0.4 is 0 Å². The first-order valence-corrected chi connectivity index (χ1v) is 4.92. The van der Waals surface area contributed by atoms with E-state index in [1.54, 1.807) is 0 Å².